The van der Waals surface area contributed by atoms with Gasteiger partial charge in [0.15, 0.2) is 0 Å². The average molecular weight is 354 g/mol. The van der Waals surface area contributed by atoms with Gasteiger partial charge in [-0.05, 0) is 79.2 Å². The van der Waals surface area contributed by atoms with E-state index >= 15 is 0 Å². The number of fused-ring (bicyclic) bond motifs is 1. The highest BCUT2D eigenvalue weighted by Gasteiger charge is 2.25. The second kappa shape index (κ2) is 9.20. The summed E-state index contributed by atoms with van der Waals surface area (Å²) in [6.07, 6.45) is 7.16. The van der Waals surface area contributed by atoms with E-state index in [0.717, 1.165) is 32.3 Å². The minimum Gasteiger partial charge on any atom is -0.493 e. The van der Waals surface area contributed by atoms with E-state index in [1.165, 1.54) is 36.8 Å². The Bertz CT molecular complexity index is 686. The van der Waals surface area contributed by atoms with Gasteiger partial charge in [-0.1, -0.05) is 36.4 Å². The molecule has 0 aliphatic heterocycles. The predicted octanol–water partition coefficient (Wildman–Crippen LogP) is 4.07. The van der Waals surface area contributed by atoms with E-state index in [1.807, 2.05) is 30.3 Å². The molecule has 4 rings (SSSR count). The summed E-state index contributed by atoms with van der Waals surface area (Å²) in [6, 6.07) is 17.7. The fourth-order valence-corrected chi connectivity index (χ4v) is 4.30. The van der Waals surface area contributed by atoms with Gasteiger partial charge in [0, 0.05) is 13.2 Å². The maximum absolute atomic E-state index is 7.00. The first-order valence-corrected chi connectivity index (χ1v) is 9.78. The number of ether oxygens (including phenoxy) is 1. The standard InChI is InChI=1S/C22H27NO.CH4O/c23-21-11-10-20(14-21)19-9-8-17-12-16(6-7-18(17)13-19)15-24-22-4-2-1-3-5-22;1-2/h1-5,8-9,13,16,20-21H,6-7,10-12,14-15,23H2;2H,1H3/t16-,20?,21?;/m0./s1. The molecule has 140 valence electrons. The number of aliphatic hydroxyl groups excluding tert-OH is 1. The van der Waals surface area contributed by atoms with Crippen LogP contribution in [0, 0.1) is 5.92 Å². The summed E-state index contributed by atoms with van der Waals surface area (Å²) in [6.45, 7) is 0.822. The first-order chi connectivity index (χ1) is 12.8. The molecule has 3 N–H and O–H groups in total. The van der Waals surface area contributed by atoms with Crippen molar-refractivity contribution in [3.05, 3.63) is 65.2 Å². The van der Waals surface area contributed by atoms with Crippen molar-refractivity contribution in [3.8, 4) is 5.75 Å². The minimum atomic E-state index is 0.408. The van der Waals surface area contributed by atoms with Crippen LogP contribution in [0.3, 0.4) is 0 Å². The molecule has 0 heterocycles. The van der Waals surface area contributed by atoms with Crippen LogP contribution in [0.5, 0.6) is 5.75 Å². The Morgan fingerprint density at radius 2 is 1.81 bits per heavy atom. The lowest BCUT2D eigenvalue weighted by Gasteiger charge is -2.26. The highest BCUT2D eigenvalue weighted by Crippen LogP contribution is 2.36. The minimum absolute atomic E-state index is 0.408. The van der Waals surface area contributed by atoms with Crippen molar-refractivity contribution in [3.63, 3.8) is 0 Å². The van der Waals surface area contributed by atoms with E-state index in [2.05, 4.69) is 18.2 Å². The number of aryl methyl sites for hydroxylation is 1. The van der Waals surface area contributed by atoms with Gasteiger partial charge in [0.2, 0.25) is 0 Å². The summed E-state index contributed by atoms with van der Waals surface area (Å²) in [4.78, 5) is 0. The number of aliphatic hydroxyl groups is 1. The van der Waals surface area contributed by atoms with Gasteiger partial charge >= 0.3 is 0 Å². The Hall–Kier alpha value is -1.84. The van der Waals surface area contributed by atoms with Crippen molar-refractivity contribution in [1.82, 2.24) is 0 Å². The zero-order chi connectivity index (χ0) is 18.4. The Kier molecular flexibility index (Phi) is 6.70. The fourth-order valence-electron chi connectivity index (χ4n) is 4.30. The quantitative estimate of drug-likeness (QED) is 0.871. The molecule has 1 fully saturated rings. The van der Waals surface area contributed by atoms with E-state index in [1.54, 1.807) is 5.56 Å². The molecule has 3 nitrogen and oxygen atoms in total. The van der Waals surface area contributed by atoms with Gasteiger partial charge in [0.1, 0.15) is 5.75 Å². The summed E-state index contributed by atoms with van der Waals surface area (Å²) in [5, 5.41) is 7.00. The van der Waals surface area contributed by atoms with Crippen molar-refractivity contribution in [2.75, 3.05) is 13.7 Å². The van der Waals surface area contributed by atoms with Crippen LogP contribution in [0.25, 0.3) is 0 Å². The molecule has 0 aromatic heterocycles. The zero-order valence-corrected chi connectivity index (χ0v) is 15.7. The molecular formula is C23H31NO2. The van der Waals surface area contributed by atoms with Crippen LogP contribution in [0.2, 0.25) is 0 Å². The van der Waals surface area contributed by atoms with Crippen molar-refractivity contribution in [1.29, 1.82) is 0 Å². The molecule has 2 aliphatic carbocycles. The molecule has 2 aliphatic rings. The maximum atomic E-state index is 7.00. The average Bonchev–Trinajstić information content (AvgIpc) is 3.14. The van der Waals surface area contributed by atoms with Gasteiger partial charge in [-0.3, -0.25) is 0 Å². The second-order valence-electron chi connectivity index (χ2n) is 7.53. The van der Waals surface area contributed by atoms with Gasteiger partial charge in [0.25, 0.3) is 0 Å². The first kappa shape index (κ1) is 18.9. The first-order valence-electron chi connectivity index (χ1n) is 9.78. The van der Waals surface area contributed by atoms with E-state index in [4.69, 9.17) is 15.6 Å². The monoisotopic (exact) mass is 353 g/mol. The van der Waals surface area contributed by atoms with Crippen molar-refractivity contribution >= 4 is 0 Å². The van der Waals surface area contributed by atoms with E-state index < -0.39 is 0 Å². The predicted molar refractivity (Wildman–Crippen MR) is 107 cm³/mol. The Balaban J connectivity index is 0.000000948. The van der Waals surface area contributed by atoms with E-state index in [-0.39, 0.29) is 0 Å². The molecule has 26 heavy (non-hydrogen) atoms. The number of benzene rings is 2. The third-order valence-corrected chi connectivity index (χ3v) is 5.73. The zero-order valence-electron chi connectivity index (χ0n) is 15.7. The molecule has 2 unspecified atom stereocenters. The highest BCUT2D eigenvalue weighted by atomic mass is 16.5. The number of rotatable bonds is 4. The Morgan fingerprint density at radius 1 is 1.00 bits per heavy atom. The number of hydrogen-bond donors (Lipinski definition) is 2. The Morgan fingerprint density at radius 3 is 2.54 bits per heavy atom. The number of nitrogens with two attached hydrogens (primary N) is 1. The molecule has 0 radical (unpaired) electrons. The molecule has 0 saturated heterocycles. The second-order valence-corrected chi connectivity index (χ2v) is 7.53. The van der Waals surface area contributed by atoms with Gasteiger partial charge in [-0.15, -0.1) is 0 Å². The highest BCUT2D eigenvalue weighted by molar-refractivity contribution is 5.36. The van der Waals surface area contributed by atoms with Crippen LogP contribution >= 0.6 is 0 Å². The van der Waals surface area contributed by atoms with E-state index in [0.29, 0.717) is 17.9 Å². The third kappa shape index (κ3) is 4.66. The summed E-state index contributed by atoms with van der Waals surface area (Å²) >= 11 is 0. The smallest absolute Gasteiger partial charge is 0.119 e. The lowest BCUT2D eigenvalue weighted by atomic mass is 9.82. The molecule has 0 amide bonds. The summed E-state index contributed by atoms with van der Waals surface area (Å²) < 4.78 is 5.96. The number of para-hydroxylation sites is 1. The summed E-state index contributed by atoms with van der Waals surface area (Å²) in [5.74, 6) is 2.30. The fraction of sp³-hybridized carbons (Fsp3) is 0.478. The summed E-state index contributed by atoms with van der Waals surface area (Å²) in [7, 11) is 1.00. The Labute approximate surface area is 157 Å². The van der Waals surface area contributed by atoms with Crippen LogP contribution in [0.15, 0.2) is 48.5 Å². The third-order valence-electron chi connectivity index (χ3n) is 5.73. The molecule has 2 aromatic carbocycles. The van der Waals surface area contributed by atoms with Crippen LogP contribution in [-0.4, -0.2) is 24.9 Å². The van der Waals surface area contributed by atoms with Crippen LogP contribution in [-0.2, 0) is 12.8 Å². The van der Waals surface area contributed by atoms with Crippen molar-refractivity contribution < 1.29 is 9.84 Å². The van der Waals surface area contributed by atoms with Gasteiger partial charge in [0.05, 0.1) is 6.61 Å². The van der Waals surface area contributed by atoms with Gasteiger partial charge in [-0.25, -0.2) is 0 Å². The summed E-state index contributed by atoms with van der Waals surface area (Å²) in [5.41, 5.74) is 10.7. The van der Waals surface area contributed by atoms with Gasteiger partial charge < -0.3 is 15.6 Å². The maximum Gasteiger partial charge on any atom is 0.119 e. The molecule has 3 atom stereocenters. The molecule has 0 spiro atoms. The molecule has 3 heteroatoms. The van der Waals surface area contributed by atoms with Crippen LogP contribution in [0.4, 0.5) is 0 Å². The number of hydrogen-bond acceptors (Lipinski definition) is 3. The van der Waals surface area contributed by atoms with Crippen LogP contribution < -0.4 is 10.5 Å². The van der Waals surface area contributed by atoms with Crippen molar-refractivity contribution in [2.45, 2.75) is 50.5 Å². The van der Waals surface area contributed by atoms with Gasteiger partial charge in [-0.2, -0.15) is 0 Å². The lowest BCUT2D eigenvalue weighted by molar-refractivity contribution is 0.234. The molecule has 0 bridgehead atoms. The van der Waals surface area contributed by atoms with Crippen molar-refractivity contribution in [2.24, 2.45) is 11.7 Å². The lowest BCUT2D eigenvalue weighted by Crippen LogP contribution is -2.21. The SMILES string of the molecule is CO.NC1CCC(c2ccc3c(c2)CC[C@H](COc2ccccc2)C3)C1. The van der Waals surface area contributed by atoms with Crippen LogP contribution in [0.1, 0.15) is 48.3 Å². The normalized spacial score (nSPS) is 24.3. The largest absolute Gasteiger partial charge is 0.493 e. The molecule has 1 saturated carbocycles. The van der Waals surface area contributed by atoms with E-state index in [9.17, 15) is 0 Å². The molecular weight excluding hydrogens is 322 g/mol. The topological polar surface area (TPSA) is 55.5 Å². The molecule has 2 aromatic rings.